The second-order valence-electron chi connectivity index (χ2n) is 4.56. The van der Waals surface area contributed by atoms with E-state index in [1.165, 1.54) is 4.31 Å². The first-order valence-corrected chi connectivity index (χ1v) is 8.01. The molecule has 2 heterocycles. The monoisotopic (exact) mass is 284 g/mol. The average Bonchev–Trinajstić information content (AvgIpc) is 2.46. The molecular weight excluding hydrogens is 264 g/mol. The average molecular weight is 284 g/mol. The van der Waals surface area contributed by atoms with Crippen LogP contribution in [-0.4, -0.2) is 63.8 Å². The van der Waals surface area contributed by atoms with Gasteiger partial charge in [-0.25, -0.2) is 13.4 Å². The zero-order valence-electron chi connectivity index (χ0n) is 11.1. The summed E-state index contributed by atoms with van der Waals surface area (Å²) in [4.78, 5) is 6.23. The fourth-order valence-electron chi connectivity index (χ4n) is 2.00. The van der Waals surface area contributed by atoms with E-state index in [1.807, 2.05) is 0 Å². The van der Waals surface area contributed by atoms with Crippen LogP contribution in [0.3, 0.4) is 0 Å². The zero-order chi connectivity index (χ0) is 13.7. The van der Waals surface area contributed by atoms with Crippen molar-refractivity contribution < 1.29 is 8.42 Å². The molecule has 0 bridgehead atoms. The van der Waals surface area contributed by atoms with E-state index in [0.29, 0.717) is 12.4 Å². The van der Waals surface area contributed by atoms with E-state index in [1.54, 1.807) is 31.4 Å². The third-order valence-electron chi connectivity index (χ3n) is 3.26. The molecule has 1 N–H and O–H groups in total. The molecule has 0 unspecified atom stereocenters. The second kappa shape index (κ2) is 6.31. The normalized spacial score (nSPS) is 17.3. The van der Waals surface area contributed by atoms with E-state index >= 15 is 0 Å². The fourth-order valence-corrected chi connectivity index (χ4v) is 3.15. The van der Waals surface area contributed by atoms with Gasteiger partial charge >= 0.3 is 0 Å². The van der Waals surface area contributed by atoms with Gasteiger partial charge in [-0.2, -0.15) is 0 Å². The van der Waals surface area contributed by atoms with Crippen molar-refractivity contribution in [1.29, 1.82) is 0 Å². The summed E-state index contributed by atoms with van der Waals surface area (Å²) in [6.07, 6.45) is 1.59. The zero-order valence-corrected chi connectivity index (χ0v) is 11.9. The molecule has 0 aromatic carbocycles. The van der Waals surface area contributed by atoms with Gasteiger partial charge in [0.25, 0.3) is 0 Å². The summed E-state index contributed by atoms with van der Waals surface area (Å²) in [5, 5.41) is 3.25. The van der Waals surface area contributed by atoms with Gasteiger partial charge in [-0.1, -0.05) is 6.07 Å². The predicted octanol–water partition coefficient (Wildman–Crippen LogP) is -0.247. The molecule has 0 atom stereocenters. The van der Waals surface area contributed by atoms with Gasteiger partial charge < -0.3 is 5.32 Å². The number of sulfonamides is 1. The van der Waals surface area contributed by atoms with E-state index in [9.17, 15) is 8.42 Å². The van der Waals surface area contributed by atoms with Crippen molar-refractivity contribution in [3.8, 4) is 0 Å². The second-order valence-corrected chi connectivity index (χ2v) is 6.68. The third-order valence-corrected chi connectivity index (χ3v) is 4.98. The number of rotatable bonds is 5. The van der Waals surface area contributed by atoms with E-state index in [4.69, 9.17) is 0 Å². The largest absolute Gasteiger partial charge is 0.314 e. The highest BCUT2D eigenvalue weighted by atomic mass is 32.2. The minimum Gasteiger partial charge on any atom is -0.314 e. The molecule has 7 heteroatoms. The lowest BCUT2D eigenvalue weighted by atomic mass is 10.4. The van der Waals surface area contributed by atoms with Crippen LogP contribution < -0.4 is 9.62 Å². The van der Waals surface area contributed by atoms with Crippen LogP contribution >= 0.6 is 0 Å². The molecule has 0 saturated carbocycles. The van der Waals surface area contributed by atoms with Crippen LogP contribution in [0.25, 0.3) is 0 Å². The van der Waals surface area contributed by atoms with Crippen molar-refractivity contribution in [3.05, 3.63) is 24.4 Å². The molecular formula is C12H20N4O2S. The predicted molar refractivity (Wildman–Crippen MR) is 75.7 cm³/mol. The highest BCUT2D eigenvalue weighted by Crippen LogP contribution is 2.12. The van der Waals surface area contributed by atoms with Crippen LogP contribution in [0.15, 0.2) is 24.4 Å². The Morgan fingerprint density at radius 2 is 2.11 bits per heavy atom. The Morgan fingerprint density at radius 1 is 1.37 bits per heavy atom. The first-order valence-electron chi connectivity index (χ1n) is 6.40. The van der Waals surface area contributed by atoms with Crippen LogP contribution in [0.1, 0.15) is 0 Å². The Morgan fingerprint density at radius 3 is 2.74 bits per heavy atom. The number of nitrogens with zero attached hydrogens (tertiary/aromatic N) is 3. The van der Waals surface area contributed by atoms with Crippen molar-refractivity contribution in [3.63, 3.8) is 0 Å². The summed E-state index contributed by atoms with van der Waals surface area (Å²) in [5.74, 6) is 0.586. The summed E-state index contributed by atoms with van der Waals surface area (Å²) >= 11 is 0. The van der Waals surface area contributed by atoms with Crippen LogP contribution in [0.5, 0.6) is 0 Å². The van der Waals surface area contributed by atoms with Crippen molar-refractivity contribution in [2.24, 2.45) is 0 Å². The van der Waals surface area contributed by atoms with Gasteiger partial charge in [-0.05, 0) is 12.1 Å². The molecule has 0 radical (unpaired) electrons. The molecule has 1 aromatic rings. The van der Waals surface area contributed by atoms with E-state index in [-0.39, 0.29) is 5.75 Å². The Labute approximate surface area is 114 Å². The molecule has 1 aliphatic heterocycles. The summed E-state index contributed by atoms with van der Waals surface area (Å²) in [7, 11) is -1.75. The molecule has 19 heavy (non-hydrogen) atoms. The third kappa shape index (κ3) is 3.89. The lowest BCUT2D eigenvalue weighted by Crippen LogP contribution is -2.46. The molecule has 6 nitrogen and oxygen atoms in total. The Hall–Kier alpha value is -1.18. The Balaban J connectivity index is 1.94. The molecule has 1 aliphatic rings. The van der Waals surface area contributed by atoms with Gasteiger partial charge in [0, 0.05) is 46.0 Å². The minimum atomic E-state index is -3.30. The summed E-state index contributed by atoms with van der Waals surface area (Å²) in [5.41, 5.74) is 0. The van der Waals surface area contributed by atoms with Gasteiger partial charge in [0.05, 0.1) is 5.75 Å². The van der Waals surface area contributed by atoms with Crippen molar-refractivity contribution in [2.75, 3.05) is 49.8 Å². The van der Waals surface area contributed by atoms with Crippen LogP contribution in [-0.2, 0) is 10.0 Å². The number of pyridine rings is 1. The number of nitrogens with one attached hydrogen (secondary N) is 1. The fraction of sp³-hybridized carbons (Fsp3) is 0.583. The first-order chi connectivity index (χ1) is 9.09. The maximum Gasteiger partial charge on any atom is 0.237 e. The molecule has 1 saturated heterocycles. The molecule has 0 amide bonds. The van der Waals surface area contributed by atoms with Gasteiger partial charge in [-0.15, -0.1) is 0 Å². The first kappa shape index (κ1) is 14.2. The highest BCUT2D eigenvalue weighted by Gasteiger charge is 2.21. The van der Waals surface area contributed by atoms with Crippen molar-refractivity contribution in [2.45, 2.75) is 0 Å². The van der Waals surface area contributed by atoms with E-state index in [0.717, 1.165) is 26.2 Å². The van der Waals surface area contributed by atoms with Gasteiger partial charge in [-0.3, -0.25) is 9.21 Å². The summed E-state index contributed by atoms with van der Waals surface area (Å²) in [6, 6.07) is 5.25. The summed E-state index contributed by atoms with van der Waals surface area (Å²) in [6.45, 7) is 4.24. The van der Waals surface area contributed by atoms with Gasteiger partial charge in [0.1, 0.15) is 5.82 Å². The maximum atomic E-state index is 12.2. The van der Waals surface area contributed by atoms with Crippen LogP contribution in [0, 0.1) is 0 Å². The van der Waals surface area contributed by atoms with Gasteiger partial charge in [0.15, 0.2) is 0 Å². The van der Waals surface area contributed by atoms with Gasteiger partial charge in [0.2, 0.25) is 10.0 Å². The number of hydrogen-bond acceptors (Lipinski definition) is 5. The topological polar surface area (TPSA) is 65.5 Å². The molecule has 1 aromatic heterocycles. The Kier molecular flexibility index (Phi) is 4.73. The number of piperazine rings is 1. The number of anilines is 1. The van der Waals surface area contributed by atoms with Crippen molar-refractivity contribution in [1.82, 2.24) is 15.2 Å². The molecule has 106 valence electrons. The highest BCUT2D eigenvalue weighted by molar-refractivity contribution is 7.92. The molecule has 1 fully saturated rings. The SMILES string of the molecule is CN(c1ccccn1)S(=O)(=O)CCN1CCNCC1. The van der Waals surface area contributed by atoms with E-state index < -0.39 is 10.0 Å². The lowest BCUT2D eigenvalue weighted by Gasteiger charge is -2.28. The quantitative estimate of drug-likeness (QED) is 0.808. The van der Waals surface area contributed by atoms with Crippen LogP contribution in [0.2, 0.25) is 0 Å². The Bertz CT molecular complexity index is 486. The smallest absolute Gasteiger partial charge is 0.237 e. The summed E-state index contributed by atoms with van der Waals surface area (Å²) < 4.78 is 25.7. The van der Waals surface area contributed by atoms with Crippen molar-refractivity contribution >= 4 is 15.8 Å². The molecule has 0 spiro atoms. The molecule has 2 rings (SSSR count). The van der Waals surface area contributed by atoms with E-state index in [2.05, 4.69) is 15.2 Å². The minimum absolute atomic E-state index is 0.125. The maximum absolute atomic E-state index is 12.2. The standard InChI is InChI=1S/C12H20N4O2S/c1-15(12-4-2-3-5-14-12)19(17,18)11-10-16-8-6-13-7-9-16/h2-5,13H,6-11H2,1H3. The number of aromatic nitrogens is 1. The molecule has 0 aliphatic carbocycles. The van der Waals surface area contributed by atoms with Crippen LogP contribution in [0.4, 0.5) is 5.82 Å². The number of hydrogen-bond donors (Lipinski definition) is 1. The lowest BCUT2D eigenvalue weighted by molar-refractivity contribution is 0.254.